The van der Waals surface area contributed by atoms with Gasteiger partial charge in [0.25, 0.3) is 0 Å². The largest absolute Gasteiger partial charge is 1.00 e. The van der Waals surface area contributed by atoms with E-state index in [1.165, 1.54) is 74.5 Å². The van der Waals surface area contributed by atoms with E-state index in [-0.39, 0.29) is 41.7 Å². The molecule has 0 spiro atoms. The van der Waals surface area contributed by atoms with Crippen molar-refractivity contribution in [3.8, 4) is 0 Å². The van der Waals surface area contributed by atoms with Crippen LogP contribution in [0.4, 0.5) is 0 Å². The van der Waals surface area contributed by atoms with E-state index in [4.69, 9.17) is 0 Å². The van der Waals surface area contributed by atoms with Crippen molar-refractivity contribution in [1.29, 1.82) is 0 Å². The SMILES string of the molecule is CC1=C(C)C(C)[C]([Ti+2]([CH3])([CH3])[NH]C(=O)C2CCCCCCCCCCC2)=C1C.[Cl-].[Cl-].[SiH4]. The Hall–Kier alpha value is 0.461. The molecule has 0 aromatic rings. The van der Waals surface area contributed by atoms with Crippen molar-refractivity contribution in [3.05, 3.63) is 20.6 Å². The van der Waals surface area contributed by atoms with Crippen LogP contribution in [0.5, 0.6) is 0 Å². The van der Waals surface area contributed by atoms with Crippen molar-refractivity contribution >= 4 is 16.9 Å². The van der Waals surface area contributed by atoms with Gasteiger partial charge in [-0.3, -0.25) is 0 Å². The van der Waals surface area contributed by atoms with Gasteiger partial charge in [-0.25, -0.2) is 0 Å². The van der Waals surface area contributed by atoms with Gasteiger partial charge in [-0.1, -0.05) is 0 Å². The first-order chi connectivity index (χ1) is 12.8. The van der Waals surface area contributed by atoms with Gasteiger partial charge in [0, 0.05) is 0 Å². The first kappa shape index (κ1) is 32.6. The molecule has 1 amide bonds. The Labute approximate surface area is 207 Å². The Morgan fingerprint density at radius 2 is 1.20 bits per heavy atom. The van der Waals surface area contributed by atoms with Gasteiger partial charge in [-0.15, -0.1) is 0 Å². The second-order valence-electron chi connectivity index (χ2n) is 9.64. The molecule has 1 atom stereocenters. The number of hydrogen-bond donors (Lipinski definition) is 1. The Kier molecular flexibility index (Phi) is 16.7. The maximum absolute atomic E-state index is 13.3. The molecule has 1 unspecified atom stereocenters. The van der Waals surface area contributed by atoms with Gasteiger partial charge >= 0.3 is 173 Å². The monoisotopic (exact) mass is 511 g/mol. The van der Waals surface area contributed by atoms with Crippen LogP contribution in [0.25, 0.3) is 0 Å². The number of nitrogens with one attached hydrogen (secondary N) is 1. The summed E-state index contributed by atoms with van der Waals surface area (Å²) < 4.78 is 5.24. The van der Waals surface area contributed by atoms with E-state index >= 15 is 0 Å². The molecular formula is C24H47Cl2NOSiTi. The van der Waals surface area contributed by atoms with E-state index < -0.39 is 16.8 Å². The zero-order valence-corrected chi connectivity index (χ0v) is 22.7. The zero-order chi connectivity index (χ0) is 20.0. The average molecular weight is 513 g/mol. The first-order valence-corrected chi connectivity index (χ1v) is 16.1. The van der Waals surface area contributed by atoms with Crippen LogP contribution in [0, 0.1) is 11.8 Å². The number of hydrogen-bond acceptors (Lipinski definition) is 1. The Bertz CT molecular complexity index is 592. The summed E-state index contributed by atoms with van der Waals surface area (Å²) in [5.74, 6) is 1.12. The smallest absolute Gasteiger partial charge is 0.0149 e. The molecule has 2 aliphatic rings. The quantitative estimate of drug-likeness (QED) is 0.531. The molecule has 0 aromatic carbocycles. The second-order valence-corrected chi connectivity index (χ2v) is 15.9. The minimum absolute atomic E-state index is 0. The normalized spacial score (nSPS) is 21.6. The van der Waals surface area contributed by atoms with Crippen LogP contribution in [0.1, 0.15) is 98.3 Å². The number of carbonyl (C=O) groups excluding carboxylic acids is 1. The second kappa shape index (κ2) is 15.3. The van der Waals surface area contributed by atoms with Gasteiger partial charge in [0.1, 0.15) is 0 Å². The topological polar surface area (TPSA) is 29.1 Å². The van der Waals surface area contributed by atoms with Crippen LogP contribution in [0.2, 0.25) is 10.5 Å². The van der Waals surface area contributed by atoms with Crippen molar-refractivity contribution in [2.24, 2.45) is 11.8 Å². The first-order valence-electron chi connectivity index (χ1n) is 11.5. The van der Waals surface area contributed by atoms with E-state index in [1.807, 2.05) is 0 Å². The van der Waals surface area contributed by atoms with Crippen LogP contribution >= 0.6 is 0 Å². The molecule has 0 aliphatic heterocycles. The van der Waals surface area contributed by atoms with Crippen molar-refractivity contribution < 1.29 is 46.5 Å². The third kappa shape index (κ3) is 8.77. The molecule has 0 radical (unpaired) electrons. The Morgan fingerprint density at radius 1 is 0.800 bits per heavy atom. The van der Waals surface area contributed by atoms with E-state index in [0.29, 0.717) is 11.8 Å². The van der Waals surface area contributed by atoms with Crippen molar-refractivity contribution in [2.75, 3.05) is 0 Å². The molecule has 0 saturated heterocycles. The molecule has 6 heteroatoms. The van der Waals surface area contributed by atoms with E-state index in [9.17, 15) is 4.79 Å². The summed E-state index contributed by atoms with van der Waals surface area (Å²) >= 11 is -2.55. The molecule has 0 aromatic heterocycles. The predicted molar refractivity (Wildman–Crippen MR) is 126 cm³/mol. The summed E-state index contributed by atoms with van der Waals surface area (Å²) in [5, 5.41) is 4.77. The van der Waals surface area contributed by atoms with E-state index in [2.05, 4.69) is 42.0 Å². The fourth-order valence-corrected chi connectivity index (χ4v) is 10.6. The molecule has 0 bridgehead atoms. The molecule has 1 fully saturated rings. The standard InChI is InChI=1S/C13H25NO.C9H13.2CH3.2ClH.H4Si.Ti/c14-13(15)12-10-8-6-4-2-1-3-5-7-9-11-12;1-6-5-7(2)9(4)8(6)3;;;;;;/h12H,1-11H2,(H2,14,15);6H,1-4H3;2*1H3;2*1H;1H4;/q;;;;;;;+3/p-3. The van der Waals surface area contributed by atoms with Crippen molar-refractivity contribution in [2.45, 2.75) is 109 Å². The number of amides is 1. The van der Waals surface area contributed by atoms with Gasteiger partial charge in [0.2, 0.25) is 0 Å². The number of allylic oxidation sites excluding steroid dienone is 4. The van der Waals surface area contributed by atoms with Crippen LogP contribution in [-0.2, 0) is 21.6 Å². The molecule has 30 heavy (non-hydrogen) atoms. The molecule has 176 valence electrons. The number of halogens is 2. The third-order valence-electron chi connectivity index (χ3n) is 7.23. The molecule has 0 heterocycles. The van der Waals surface area contributed by atoms with Crippen LogP contribution in [0.3, 0.4) is 0 Å². The summed E-state index contributed by atoms with van der Waals surface area (Å²) in [6.07, 6.45) is 14.1. The Balaban J connectivity index is 0. The van der Waals surface area contributed by atoms with E-state index in [1.54, 1.807) is 3.88 Å². The third-order valence-corrected chi connectivity index (χ3v) is 12.0. The van der Waals surface area contributed by atoms with Gasteiger partial charge < -0.3 is 24.8 Å². The fraction of sp³-hybridized carbons (Fsp3) is 0.792. The molecule has 2 rings (SSSR count). The average Bonchev–Trinajstić information content (AvgIpc) is 2.78. The Morgan fingerprint density at radius 3 is 1.57 bits per heavy atom. The number of rotatable bonds is 3. The molecule has 1 saturated carbocycles. The summed E-state index contributed by atoms with van der Waals surface area (Å²) in [5.41, 5.74) is 4.42. The fourth-order valence-electron chi connectivity index (χ4n) is 5.28. The van der Waals surface area contributed by atoms with Crippen molar-refractivity contribution in [3.63, 3.8) is 0 Å². The maximum atomic E-state index is 13.3. The van der Waals surface area contributed by atoms with Crippen LogP contribution in [0.15, 0.2) is 20.6 Å². The molecular weight excluding hydrogens is 465 g/mol. The molecule has 2 aliphatic carbocycles. The van der Waals surface area contributed by atoms with Crippen molar-refractivity contribution in [1.82, 2.24) is 3.80 Å². The molecule has 2 nitrogen and oxygen atoms in total. The minimum atomic E-state index is -2.55. The predicted octanol–water partition coefficient (Wildman–Crippen LogP) is 0.00510. The summed E-state index contributed by atoms with van der Waals surface area (Å²) in [7, 11) is 0. The zero-order valence-electron chi connectivity index (χ0n) is 19.6. The van der Waals surface area contributed by atoms with Gasteiger partial charge in [0.05, 0.1) is 0 Å². The van der Waals surface area contributed by atoms with Gasteiger partial charge in [0.15, 0.2) is 0 Å². The number of carbonyl (C=O) groups is 1. The molecule has 1 N–H and O–H groups in total. The summed E-state index contributed by atoms with van der Waals surface area (Å²) in [4.78, 5) is 13.3. The summed E-state index contributed by atoms with van der Waals surface area (Å²) in [6, 6.07) is 0. The van der Waals surface area contributed by atoms with Crippen LogP contribution in [-0.4, -0.2) is 16.9 Å². The minimum Gasteiger partial charge on any atom is -1.00 e. The maximum Gasteiger partial charge on any atom is -0.0149 e. The van der Waals surface area contributed by atoms with Crippen LogP contribution < -0.4 is 28.6 Å². The van der Waals surface area contributed by atoms with Gasteiger partial charge in [-0.2, -0.15) is 0 Å². The van der Waals surface area contributed by atoms with Gasteiger partial charge in [-0.05, 0) is 11.0 Å². The summed E-state index contributed by atoms with van der Waals surface area (Å²) in [6.45, 7) is 9.12. The van der Waals surface area contributed by atoms with E-state index in [0.717, 1.165) is 12.8 Å².